The van der Waals surface area contributed by atoms with Gasteiger partial charge < -0.3 is 19.3 Å². The summed E-state index contributed by atoms with van der Waals surface area (Å²) >= 11 is 2.94. The van der Waals surface area contributed by atoms with E-state index in [1.54, 1.807) is 17.9 Å². The number of thiophene rings is 2. The van der Waals surface area contributed by atoms with Gasteiger partial charge in [0.05, 0.1) is 27.9 Å². The third-order valence-electron chi connectivity index (χ3n) is 2.34. The molecule has 0 unspecified atom stereocenters. The molecule has 1 N–H and O–H groups in total. The van der Waals surface area contributed by atoms with Crippen LogP contribution in [0.4, 0.5) is 0 Å². The summed E-state index contributed by atoms with van der Waals surface area (Å²) in [5.41, 5.74) is 1.35. The SMILES string of the molecule is COC(=O)c1cscc1OC.COc1cscc1CO. The Bertz CT molecular complexity index is 514. The van der Waals surface area contributed by atoms with Crippen LogP contribution in [0.3, 0.4) is 0 Å². The van der Waals surface area contributed by atoms with Crippen molar-refractivity contribution in [3.8, 4) is 11.5 Å². The molecule has 0 saturated carbocycles. The van der Waals surface area contributed by atoms with Crippen molar-refractivity contribution < 1.29 is 24.1 Å². The number of ether oxygens (including phenoxy) is 3. The second kappa shape index (κ2) is 8.57. The fourth-order valence-electron chi connectivity index (χ4n) is 1.31. The monoisotopic (exact) mass is 316 g/mol. The molecule has 2 rings (SSSR count). The van der Waals surface area contributed by atoms with E-state index in [2.05, 4.69) is 4.74 Å². The van der Waals surface area contributed by atoms with Crippen molar-refractivity contribution in [2.24, 2.45) is 0 Å². The first-order valence-electron chi connectivity index (χ1n) is 5.56. The van der Waals surface area contributed by atoms with Crippen LogP contribution in [0.15, 0.2) is 21.5 Å². The van der Waals surface area contributed by atoms with Crippen molar-refractivity contribution in [3.05, 3.63) is 32.6 Å². The van der Waals surface area contributed by atoms with E-state index in [9.17, 15) is 4.79 Å². The maximum atomic E-state index is 11.0. The molecule has 0 radical (unpaired) electrons. The topological polar surface area (TPSA) is 65.0 Å². The summed E-state index contributed by atoms with van der Waals surface area (Å²) in [5.74, 6) is 0.993. The Kier molecular flexibility index (Phi) is 7.06. The minimum Gasteiger partial charge on any atom is -0.496 e. The van der Waals surface area contributed by atoms with Crippen LogP contribution in [0.25, 0.3) is 0 Å². The molecule has 0 bridgehead atoms. The molecule has 7 heteroatoms. The molecule has 5 nitrogen and oxygen atoms in total. The van der Waals surface area contributed by atoms with Crippen LogP contribution in [-0.2, 0) is 11.3 Å². The van der Waals surface area contributed by atoms with Crippen LogP contribution in [0.1, 0.15) is 15.9 Å². The zero-order chi connectivity index (χ0) is 15.0. The second-order valence-corrected chi connectivity index (χ2v) is 4.96. The van der Waals surface area contributed by atoms with Gasteiger partial charge in [0.25, 0.3) is 0 Å². The van der Waals surface area contributed by atoms with Crippen LogP contribution in [0.2, 0.25) is 0 Å². The van der Waals surface area contributed by atoms with Gasteiger partial charge in [-0.15, -0.1) is 22.7 Å². The lowest BCUT2D eigenvalue weighted by atomic mass is 10.3. The molecule has 0 aliphatic heterocycles. The first-order valence-corrected chi connectivity index (χ1v) is 7.44. The third kappa shape index (κ3) is 4.22. The molecule has 0 aliphatic rings. The number of rotatable bonds is 4. The molecule has 0 spiro atoms. The third-order valence-corrected chi connectivity index (χ3v) is 3.84. The van der Waals surface area contributed by atoms with E-state index in [1.807, 2.05) is 10.8 Å². The Morgan fingerprint density at radius 2 is 1.65 bits per heavy atom. The maximum absolute atomic E-state index is 11.0. The molecule has 110 valence electrons. The van der Waals surface area contributed by atoms with Crippen LogP contribution in [-0.4, -0.2) is 32.4 Å². The Labute approximate surface area is 125 Å². The largest absolute Gasteiger partial charge is 0.496 e. The first-order chi connectivity index (χ1) is 9.67. The van der Waals surface area contributed by atoms with Gasteiger partial charge in [-0.25, -0.2) is 4.79 Å². The minimum absolute atomic E-state index is 0.0622. The first kappa shape index (κ1) is 16.5. The van der Waals surface area contributed by atoms with E-state index >= 15 is 0 Å². The molecule has 0 atom stereocenters. The number of aliphatic hydroxyl groups is 1. The van der Waals surface area contributed by atoms with Crippen molar-refractivity contribution in [2.45, 2.75) is 6.61 Å². The van der Waals surface area contributed by atoms with E-state index in [4.69, 9.17) is 14.6 Å². The predicted octanol–water partition coefficient (Wildman–Crippen LogP) is 2.79. The molecule has 0 aromatic carbocycles. The summed E-state index contributed by atoms with van der Waals surface area (Å²) in [5, 5.41) is 15.9. The van der Waals surface area contributed by atoms with E-state index in [0.29, 0.717) is 11.3 Å². The predicted molar refractivity (Wildman–Crippen MR) is 79.0 cm³/mol. The fraction of sp³-hybridized carbons (Fsp3) is 0.308. The number of carbonyl (C=O) groups is 1. The highest BCUT2D eigenvalue weighted by atomic mass is 32.1. The fourth-order valence-corrected chi connectivity index (χ4v) is 2.87. The zero-order valence-corrected chi connectivity index (χ0v) is 13.0. The van der Waals surface area contributed by atoms with Gasteiger partial charge in [-0.05, 0) is 0 Å². The summed E-state index contributed by atoms with van der Waals surface area (Å²) in [6.07, 6.45) is 0. The highest BCUT2D eigenvalue weighted by Gasteiger charge is 2.12. The van der Waals surface area contributed by atoms with Gasteiger partial charge in [-0.2, -0.15) is 0 Å². The highest BCUT2D eigenvalue weighted by molar-refractivity contribution is 7.08. The number of hydrogen-bond donors (Lipinski definition) is 1. The average Bonchev–Trinajstić information content (AvgIpc) is 3.14. The Morgan fingerprint density at radius 1 is 1.05 bits per heavy atom. The van der Waals surface area contributed by atoms with Crippen molar-refractivity contribution in [1.82, 2.24) is 0 Å². The summed E-state index contributed by atoms with van der Waals surface area (Å²) in [4.78, 5) is 11.0. The van der Waals surface area contributed by atoms with Gasteiger partial charge in [0, 0.05) is 27.1 Å². The molecule has 2 aromatic heterocycles. The van der Waals surface area contributed by atoms with E-state index < -0.39 is 0 Å². The maximum Gasteiger partial charge on any atom is 0.342 e. The average molecular weight is 316 g/mol. The lowest BCUT2D eigenvalue weighted by molar-refractivity contribution is 0.0598. The zero-order valence-electron chi connectivity index (χ0n) is 11.4. The molecule has 2 aromatic rings. The lowest BCUT2D eigenvalue weighted by Crippen LogP contribution is -2.00. The molecule has 0 amide bonds. The van der Waals surface area contributed by atoms with Crippen molar-refractivity contribution >= 4 is 28.6 Å². The minimum atomic E-state index is -0.358. The summed E-state index contributed by atoms with van der Waals surface area (Å²) in [6, 6.07) is 0. The Balaban J connectivity index is 0.000000204. The number of methoxy groups -OCH3 is 3. The van der Waals surface area contributed by atoms with Crippen LogP contribution in [0.5, 0.6) is 11.5 Å². The van der Waals surface area contributed by atoms with Gasteiger partial charge in [0.2, 0.25) is 0 Å². The summed E-state index contributed by atoms with van der Waals surface area (Å²) in [6.45, 7) is 0.0622. The van der Waals surface area contributed by atoms with Crippen LogP contribution < -0.4 is 9.47 Å². The van der Waals surface area contributed by atoms with Crippen molar-refractivity contribution in [2.75, 3.05) is 21.3 Å². The molecular weight excluding hydrogens is 300 g/mol. The van der Waals surface area contributed by atoms with Gasteiger partial charge >= 0.3 is 5.97 Å². The van der Waals surface area contributed by atoms with Gasteiger partial charge in [0.1, 0.15) is 17.1 Å². The van der Waals surface area contributed by atoms with Crippen molar-refractivity contribution in [1.29, 1.82) is 0 Å². The summed E-state index contributed by atoms with van der Waals surface area (Å²) in [7, 11) is 4.47. The van der Waals surface area contributed by atoms with Crippen molar-refractivity contribution in [3.63, 3.8) is 0 Å². The lowest BCUT2D eigenvalue weighted by Gasteiger charge is -1.98. The van der Waals surface area contributed by atoms with Gasteiger partial charge in [0.15, 0.2) is 0 Å². The number of esters is 1. The molecule has 20 heavy (non-hydrogen) atoms. The van der Waals surface area contributed by atoms with E-state index in [1.165, 1.54) is 36.9 Å². The standard InChI is InChI=1S/C7H8O3S.C6H8O2S/c1-9-6-4-11-3-5(6)7(8)10-2;1-8-6-4-9-3-5(6)2-7/h3-4H,1-2H3;3-4,7H,2H2,1H3. The van der Waals surface area contributed by atoms with Crippen LogP contribution >= 0.6 is 22.7 Å². The number of aliphatic hydroxyl groups excluding tert-OH is 1. The number of carbonyl (C=O) groups excluding carboxylic acids is 1. The molecule has 0 saturated heterocycles. The van der Waals surface area contributed by atoms with Crippen LogP contribution in [0, 0.1) is 0 Å². The quantitative estimate of drug-likeness (QED) is 0.879. The Morgan fingerprint density at radius 3 is 2.15 bits per heavy atom. The smallest absolute Gasteiger partial charge is 0.342 e. The molecule has 2 heterocycles. The van der Waals surface area contributed by atoms with Gasteiger partial charge in [-0.3, -0.25) is 0 Å². The molecule has 0 fully saturated rings. The second-order valence-electron chi connectivity index (χ2n) is 3.47. The van der Waals surface area contributed by atoms with E-state index in [-0.39, 0.29) is 12.6 Å². The van der Waals surface area contributed by atoms with Gasteiger partial charge in [-0.1, -0.05) is 0 Å². The van der Waals surface area contributed by atoms with E-state index in [0.717, 1.165) is 11.3 Å². The number of hydrogen-bond acceptors (Lipinski definition) is 7. The molecule has 0 aliphatic carbocycles. The normalized spacial score (nSPS) is 9.40. The Hall–Kier alpha value is -1.57. The summed E-state index contributed by atoms with van der Waals surface area (Å²) < 4.78 is 14.4. The highest BCUT2D eigenvalue weighted by Crippen LogP contribution is 2.23. The molecular formula is C13H16O5S2.